The summed E-state index contributed by atoms with van der Waals surface area (Å²) in [6.07, 6.45) is 1.70. The fraction of sp³-hybridized carbons (Fsp3) is 0.714. The van der Waals surface area contributed by atoms with E-state index < -0.39 is 0 Å². The maximum absolute atomic E-state index is 4.43. The first kappa shape index (κ1) is 12.8. The molecule has 0 aliphatic carbocycles. The number of rotatable bonds is 3. The number of hydrogen-bond donors (Lipinski definition) is 1. The first-order chi connectivity index (χ1) is 9.24. The lowest BCUT2D eigenvalue weighted by molar-refractivity contribution is 0.137. The molecule has 0 atom stereocenters. The van der Waals surface area contributed by atoms with Crippen LogP contribution >= 0.6 is 0 Å². The van der Waals surface area contributed by atoms with Crippen LogP contribution in [-0.4, -0.2) is 60.2 Å². The Morgan fingerprint density at radius 2 is 1.89 bits per heavy atom. The molecule has 0 unspecified atom stereocenters. The van der Waals surface area contributed by atoms with Gasteiger partial charge in [0, 0.05) is 57.1 Å². The molecule has 19 heavy (non-hydrogen) atoms. The molecule has 0 saturated carbocycles. The fourth-order valence-electron chi connectivity index (χ4n) is 2.70. The van der Waals surface area contributed by atoms with E-state index in [1.807, 2.05) is 0 Å². The van der Waals surface area contributed by atoms with Gasteiger partial charge in [0.15, 0.2) is 0 Å². The largest absolute Gasteiger partial charge is 0.354 e. The molecule has 0 aromatic carbocycles. The molecule has 104 valence electrons. The van der Waals surface area contributed by atoms with Gasteiger partial charge in [-0.05, 0) is 5.92 Å². The number of hydrogen-bond acceptors (Lipinski definition) is 5. The Hall–Kier alpha value is -1.20. The molecule has 2 fully saturated rings. The third-order valence-corrected chi connectivity index (χ3v) is 4.18. The predicted octanol–water partition coefficient (Wildman–Crippen LogP) is 0.694. The lowest BCUT2D eigenvalue weighted by atomic mass is 10.1. The molecule has 0 radical (unpaired) electrons. The van der Waals surface area contributed by atoms with Crippen molar-refractivity contribution < 1.29 is 0 Å². The van der Waals surface area contributed by atoms with Crippen molar-refractivity contribution in [1.82, 2.24) is 20.2 Å². The van der Waals surface area contributed by atoms with E-state index >= 15 is 0 Å². The van der Waals surface area contributed by atoms with Crippen LogP contribution in [0.15, 0.2) is 12.4 Å². The minimum atomic E-state index is 0.462. The molecular formula is C14H23N5. The van der Waals surface area contributed by atoms with Gasteiger partial charge in [0.1, 0.15) is 12.1 Å². The van der Waals surface area contributed by atoms with Gasteiger partial charge >= 0.3 is 0 Å². The minimum Gasteiger partial charge on any atom is -0.354 e. The monoisotopic (exact) mass is 261 g/mol. The lowest BCUT2D eigenvalue weighted by Gasteiger charge is -2.43. The molecule has 0 bridgehead atoms. The SMILES string of the molecule is CC(C)c1cc(N2CCN(C3CNC3)CC2)ncn1. The van der Waals surface area contributed by atoms with Crippen molar-refractivity contribution in [3.63, 3.8) is 0 Å². The number of piperazine rings is 1. The van der Waals surface area contributed by atoms with E-state index in [9.17, 15) is 0 Å². The highest BCUT2D eigenvalue weighted by molar-refractivity contribution is 5.40. The van der Waals surface area contributed by atoms with Crippen molar-refractivity contribution in [1.29, 1.82) is 0 Å². The molecular weight excluding hydrogens is 238 g/mol. The van der Waals surface area contributed by atoms with Gasteiger partial charge in [-0.2, -0.15) is 0 Å². The van der Waals surface area contributed by atoms with Gasteiger partial charge in [-0.1, -0.05) is 13.8 Å². The van der Waals surface area contributed by atoms with E-state index in [0.717, 1.165) is 56.8 Å². The average Bonchev–Trinajstić information content (AvgIpc) is 2.38. The van der Waals surface area contributed by atoms with Crippen molar-refractivity contribution in [2.75, 3.05) is 44.2 Å². The summed E-state index contributed by atoms with van der Waals surface area (Å²) in [5.41, 5.74) is 1.13. The summed E-state index contributed by atoms with van der Waals surface area (Å²) in [4.78, 5) is 13.8. The van der Waals surface area contributed by atoms with Crippen LogP contribution in [-0.2, 0) is 0 Å². The van der Waals surface area contributed by atoms with Crippen molar-refractivity contribution in [2.24, 2.45) is 0 Å². The molecule has 3 rings (SSSR count). The van der Waals surface area contributed by atoms with Crippen LogP contribution in [0.5, 0.6) is 0 Å². The standard InChI is InChI=1S/C14H23N5/c1-11(2)13-7-14(17-10-16-13)19-5-3-18(4-6-19)12-8-15-9-12/h7,10-12,15H,3-6,8-9H2,1-2H3. The second-order valence-electron chi connectivity index (χ2n) is 5.79. The smallest absolute Gasteiger partial charge is 0.132 e. The van der Waals surface area contributed by atoms with Crippen LogP contribution in [0.25, 0.3) is 0 Å². The highest BCUT2D eigenvalue weighted by Crippen LogP contribution is 2.19. The van der Waals surface area contributed by atoms with Gasteiger partial charge in [-0.15, -0.1) is 0 Å². The molecule has 2 aliphatic heterocycles. The summed E-state index contributed by atoms with van der Waals surface area (Å²) >= 11 is 0. The van der Waals surface area contributed by atoms with Gasteiger partial charge in [0.05, 0.1) is 0 Å². The highest BCUT2D eigenvalue weighted by Gasteiger charge is 2.28. The molecule has 2 aliphatic rings. The minimum absolute atomic E-state index is 0.462. The van der Waals surface area contributed by atoms with Crippen molar-refractivity contribution in [3.8, 4) is 0 Å². The van der Waals surface area contributed by atoms with E-state index in [1.54, 1.807) is 6.33 Å². The summed E-state index contributed by atoms with van der Waals surface area (Å²) < 4.78 is 0. The maximum Gasteiger partial charge on any atom is 0.132 e. The lowest BCUT2D eigenvalue weighted by Crippen LogP contribution is -2.61. The summed E-state index contributed by atoms with van der Waals surface area (Å²) in [6.45, 7) is 11.1. The van der Waals surface area contributed by atoms with Gasteiger partial charge in [0.25, 0.3) is 0 Å². The van der Waals surface area contributed by atoms with Crippen molar-refractivity contribution in [2.45, 2.75) is 25.8 Å². The third-order valence-electron chi connectivity index (χ3n) is 4.18. The predicted molar refractivity (Wildman–Crippen MR) is 76.6 cm³/mol. The second kappa shape index (κ2) is 5.43. The Morgan fingerprint density at radius 3 is 2.47 bits per heavy atom. The van der Waals surface area contributed by atoms with Gasteiger partial charge in [-0.25, -0.2) is 9.97 Å². The summed E-state index contributed by atoms with van der Waals surface area (Å²) in [7, 11) is 0. The molecule has 5 heteroatoms. The van der Waals surface area contributed by atoms with Crippen LogP contribution in [0.4, 0.5) is 5.82 Å². The number of nitrogens with zero attached hydrogens (tertiary/aromatic N) is 4. The molecule has 5 nitrogen and oxygen atoms in total. The number of nitrogens with one attached hydrogen (secondary N) is 1. The summed E-state index contributed by atoms with van der Waals surface area (Å²) in [6, 6.07) is 2.91. The van der Waals surface area contributed by atoms with E-state index in [-0.39, 0.29) is 0 Å². The molecule has 1 aromatic heterocycles. The van der Waals surface area contributed by atoms with Crippen LogP contribution in [0, 0.1) is 0 Å². The van der Waals surface area contributed by atoms with Gasteiger partial charge in [-0.3, -0.25) is 4.90 Å². The Morgan fingerprint density at radius 1 is 1.16 bits per heavy atom. The van der Waals surface area contributed by atoms with E-state index in [1.165, 1.54) is 0 Å². The van der Waals surface area contributed by atoms with E-state index in [2.05, 4.69) is 45.0 Å². The van der Waals surface area contributed by atoms with Crippen LogP contribution in [0.3, 0.4) is 0 Å². The zero-order valence-corrected chi connectivity index (χ0v) is 11.8. The molecule has 3 heterocycles. The maximum atomic E-state index is 4.43. The molecule has 1 N–H and O–H groups in total. The topological polar surface area (TPSA) is 44.3 Å². The zero-order chi connectivity index (χ0) is 13.2. The Balaban J connectivity index is 1.62. The Bertz CT molecular complexity index is 422. The molecule has 1 aromatic rings. The number of aromatic nitrogens is 2. The average molecular weight is 261 g/mol. The summed E-state index contributed by atoms with van der Waals surface area (Å²) in [5, 5.41) is 3.35. The van der Waals surface area contributed by atoms with Gasteiger partial charge < -0.3 is 10.2 Å². The first-order valence-electron chi connectivity index (χ1n) is 7.25. The summed E-state index contributed by atoms with van der Waals surface area (Å²) in [5.74, 6) is 1.55. The molecule has 0 spiro atoms. The third kappa shape index (κ3) is 2.72. The number of anilines is 1. The highest BCUT2D eigenvalue weighted by atomic mass is 15.3. The first-order valence-corrected chi connectivity index (χ1v) is 7.25. The quantitative estimate of drug-likeness (QED) is 0.867. The Kier molecular flexibility index (Phi) is 3.66. The molecule has 2 saturated heterocycles. The Labute approximate surface area is 115 Å². The van der Waals surface area contributed by atoms with Crippen LogP contribution in [0.2, 0.25) is 0 Å². The fourth-order valence-corrected chi connectivity index (χ4v) is 2.70. The van der Waals surface area contributed by atoms with Crippen molar-refractivity contribution in [3.05, 3.63) is 18.1 Å². The normalized spacial score (nSPS) is 21.7. The van der Waals surface area contributed by atoms with Crippen LogP contribution in [0.1, 0.15) is 25.5 Å². The van der Waals surface area contributed by atoms with Gasteiger partial charge in [0.2, 0.25) is 0 Å². The molecule has 0 amide bonds. The van der Waals surface area contributed by atoms with Crippen molar-refractivity contribution >= 4 is 5.82 Å². The zero-order valence-electron chi connectivity index (χ0n) is 11.8. The van der Waals surface area contributed by atoms with E-state index in [4.69, 9.17) is 0 Å². The van der Waals surface area contributed by atoms with Crippen LogP contribution < -0.4 is 10.2 Å². The second-order valence-corrected chi connectivity index (χ2v) is 5.79. The van der Waals surface area contributed by atoms with E-state index in [0.29, 0.717) is 5.92 Å².